The molecule has 1 aromatic heterocycles. The highest BCUT2D eigenvalue weighted by molar-refractivity contribution is 5.55. The number of aryl methyl sites for hydroxylation is 1. The Bertz CT molecular complexity index is 535. The first-order valence-electron chi connectivity index (χ1n) is 5.84. The van der Waals surface area contributed by atoms with Crippen molar-refractivity contribution in [3.8, 4) is 0 Å². The zero-order chi connectivity index (χ0) is 13.0. The first-order chi connectivity index (χ1) is 8.70. The van der Waals surface area contributed by atoms with Crippen LogP contribution in [-0.4, -0.2) is 9.91 Å². The van der Waals surface area contributed by atoms with E-state index in [4.69, 9.17) is 0 Å². The molecular weight excluding hydrogens is 230 g/mol. The van der Waals surface area contributed by atoms with Gasteiger partial charge in [0.2, 0.25) is 0 Å². The first-order valence-corrected chi connectivity index (χ1v) is 5.84. The molecule has 0 aliphatic rings. The maximum atomic E-state index is 10.9. The normalized spacial score (nSPS) is 10.3. The van der Waals surface area contributed by atoms with Crippen LogP contribution in [0.25, 0.3) is 0 Å². The van der Waals surface area contributed by atoms with Crippen LogP contribution in [0.2, 0.25) is 0 Å². The molecule has 0 unspecified atom stereocenters. The van der Waals surface area contributed by atoms with Crippen LogP contribution in [0.1, 0.15) is 18.2 Å². The van der Waals surface area contributed by atoms with Gasteiger partial charge in [-0.3, -0.25) is 10.1 Å². The van der Waals surface area contributed by atoms with E-state index in [0.29, 0.717) is 13.0 Å². The number of nitro benzene ring substituents is 1. The average Bonchev–Trinajstić information content (AvgIpc) is 2.89. The topological polar surface area (TPSA) is 71.0 Å². The highest BCUT2D eigenvalue weighted by atomic mass is 16.6. The number of benzene rings is 1. The van der Waals surface area contributed by atoms with Gasteiger partial charge in [-0.1, -0.05) is 13.0 Å². The zero-order valence-electron chi connectivity index (χ0n) is 10.1. The van der Waals surface area contributed by atoms with Crippen molar-refractivity contribution in [3.63, 3.8) is 0 Å². The largest absolute Gasteiger partial charge is 0.379 e. The summed E-state index contributed by atoms with van der Waals surface area (Å²) < 4.78 is 0. The summed E-state index contributed by atoms with van der Waals surface area (Å²) in [6.07, 6.45) is 2.51. The second-order valence-electron chi connectivity index (χ2n) is 4.00. The molecule has 5 heteroatoms. The molecule has 0 aliphatic carbocycles. The minimum absolute atomic E-state index is 0.175. The fourth-order valence-corrected chi connectivity index (χ4v) is 1.82. The first kappa shape index (κ1) is 12.2. The molecule has 0 saturated heterocycles. The lowest BCUT2D eigenvalue weighted by atomic mass is 10.1. The number of H-pyrrole nitrogens is 1. The van der Waals surface area contributed by atoms with Crippen LogP contribution in [-0.2, 0) is 13.0 Å². The zero-order valence-corrected chi connectivity index (χ0v) is 10.1. The third-order valence-electron chi connectivity index (χ3n) is 2.81. The number of rotatable bonds is 5. The lowest BCUT2D eigenvalue weighted by Gasteiger charge is -2.07. The fraction of sp³-hybridized carbons (Fsp3) is 0.231. The SMILES string of the molecule is CCc1ccc(NCc2ccc[nH]2)cc1[N+](=O)[O-]. The van der Waals surface area contributed by atoms with Gasteiger partial charge in [-0.15, -0.1) is 0 Å². The van der Waals surface area contributed by atoms with E-state index in [1.54, 1.807) is 12.1 Å². The minimum Gasteiger partial charge on any atom is -0.379 e. The number of anilines is 1. The van der Waals surface area contributed by atoms with Crippen LogP contribution >= 0.6 is 0 Å². The molecule has 0 radical (unpaired) electrons. The lowest BCUT2D eigenvalue weighted by Crippen LogP contribution is -2.01. The van der Waals surface area contributed by atoms with Gasteiger partial charge in [0.1, 0.15) is 0 Å². The predicted molar refractivity (Wildman–Crippen MR) is 70.6 cm³/mol. The number of nitro groups is 1. The summed E-state index contributed by atoms with van der Waals surface area (Å²) in [7, 11) is 0. The van der Waals surface area contributed by atoms with E-state index >= 15 is 0 Å². The number of nitrogens with one attached hydrogen (secondary N) is 2. The van der Waals surface area contributed by atoms with Gasteiger partial charge in [-0.05, 0) is 24.6 Å². The van der Waals surface area contributed by atoms with E-state index < -0.39 is 0 Å². The van der Waals surface area contributed by atoms with Crippen molar-refractivity contribution >= 4 is 11.4 Å². The van der Waals surface area contributed by atoms with Crippen molar-refractivity contribution in [1.82, 2.24) is 4.98 Å². The summed E-state index contributed by atoms with van der Waals surface area (Å²) in [6.45, 7) is 2.53. The molecule has 0 bridgehead atoms. The van der Waals surface area contributed by atoms with Crippen LogP contribution in [0.5, 0.6) is 0 Å². The molecule has 5 nitrogen and oxygen atoms in total. The molecule has 0 atom stereocenters. The monoisotopic (exact) mass is 245 g/mol. The molecule has 0 amide bonds. The van der Waals surface area contributed by atoms with E-state index in [2.05, 4.69) is 10.3 Å². The Hall–Kier alpha value is -2.30. The van der Waals surface area contributed by atoms with Crippen molar-refractivity contribution in [2.24, 2.45) is 0 Å². The van der Waals surface area contributed by atoms with Gasteiger partial charge in [0.15, 0.2) is 0 Å². The summed E-state index contributed by atoms with van der Waals surface area (Å²) >= 11 is 0. The van der Waals surface area contributed by atoms with Crippen molar-refractivity contribution in [2.45, 2.75) is 19.9 Å². The number of hydrogen-bond donors (Lipinski definition) is 2. The van der Waals surface area contributed by atoms with Crippen LogP contribution in [0.3, 0.4) is 0 Å². The Morgan fingerprint density at radius 3 is 2.83 bits per heavy atom. The molecule has 1 aromatic carbocycles. The Labute approximate surface area is 105 Å². The molecular formula is C13H15N3O2. The summed E-state index contributed by atoms with van der Waals surface area (Å²) in [5.41, 5.74) is 2.73. The van der Waals surface area contributed by atoms with E-state index in [1.165, 1.54) is 0 Å². The Morgan fingerprint density at radius 2 is 2.22 bits per heavy atom. The molecule has 0 fully saturated rings. The fourth-order valence-electron chi connectivity index (χ4n) is 1.82. The van der Waals surface area contributed by atoms with Gasteiger partial charge in [0.05, 0.1) is 11.5 Å². The molecule has 0 spiro atoms. The smallest absolute Gasteiger partial charge is 0.274 e. The Morgan fingerprint density at radius 1 is 1.39 bits per heavy atom. The summed E-state index contributed by atoms with van der Waals surface area (Å²) in [4.78, 5) is 13.7. The standard InChI is InChI=1S/C13H15N3O2/c1-2-10-5-6-11(8-13(10)16(17)18)15-9-12-4-3-7-14-12/h3-8,14-15H,2,9H2,1H3. The Kier molecular flexibility index (Phi) is 3.62. The quantitative estimate of drug-likeness (QED) is 0.628. The number of aromatic nitrogens is 1. The average molecular weight is 245 g/mol. The van der Waals surface area contributed by atoms with E-state index in [0.717, 1.165) is 16.9 Å². The molecule has 94 valence electrons. The molecule has 18 heavy (non-hydrogen) atoms. The van der Waals surface area contributed by atoms with Gasteiger partial charge in [0, 0.05) is 29.2 Å². The molecule has 0 aliphatic heterocycles. The third-order valence-corrected chi connectivity index (χ3v) is 2.81. The molecule has 2 rings (SSSR count). The van der Waals surface area contributed by atoms with Crippen LogP contribution in [0, 0.1) is 10.1 Å². The van der Waals surface area contributed by atoms with Crippen molar-refractivity contribution in [2.75, 3.05) is 5.32 Å². The van der Waals surface area contributed by atoms with Gasteiger partial charge in [0.25, 0.3) is 5.69 Å². The highest BCUT2D eigenvalue weighted by Crippen LogP contribution is 2.23. The van der Waals surface area contributed by atoms with Gasteiger partial charge >= 0.3 is 0 Å². The number of nitrogens with zero attached hydrogens (tertiary/aromatic N) is 1. The van der Waals surface area contributed by atoms with Gasteiger partial charge in [-0.2, -0.15) is 0 Å². The summed E-state index contributed by atoms with van der Waals surface area (Å²) in [6, 6.07) is 9.13. The minimum atomic E-state index is -0.335. The lowest BCUT2D eigenvalue weighted by molar-refractivity contribution is -0.385. The van der Waals surface area contributed by atoms with Crippen molar-refractivity contribution < 1.29 is 4.92 Å². The second-order valence-corrected chi connectivity index (χ2v) is 4.00. The molecule has 1 heterocycles. The highest BCUT2D eigenvalue weighted by Gasteiger charge is 2.12. The third kappa shape index (κ3) is 2.68. The van der Waals surface area contributed by atoms with Crippen LogP contribution in [0.15, 0.2) is 36.5 Å². The van der Waals surface area contributed by atoms with Crippen LogP contribution < -0.4 is 5.32 Å². The maximum Gasteiger partial charge on any atom is 0.274 e. The van der Waals surface area contributed by atoms with E-state index in [-0.39, 0.29) is 10.6 Å². The Balaban J connectivity index is 2.14. The van der Waals surface area contributed by atoms with E-state index in [9.17, 15) is 10.1 Å². The number of hydrogen-bond acceptors (Lipinski definition) is 3. The summed E-state index contributed by atoms with van der Waals surface area (Å²) in [5.74, 6) is 0. The maximum absolute atomic E-state index is 10.9. The summed E-state index contributed by atoms with van der Waals surface area (Å²) in [5, 5.41) is 14.1. The molecule has 2 aromatic rings. The number of aromatic amines is 1. The van der Waals surface area contributed by atoms with Gasteiger partial charge in [-0.25, -0.2) is 0 Å². The second kappa shape index (κ2) is 5.35. The van der Waals surface area contributed by atoms with Crippen LogP contribution in [0.4, 0.5) is 11.4 Å². The van der Waals surface area contributed by atoms with E-state index in [1.807, 2.05) is 31.3 Å². The van der Waals surface area contributed by atoms with Crippen molar-refractivity contribution in [3.05, 3.63) is 57.9 Å². The molecule has 0 saturated carbocycles. The predicted octanol–water partition coefficient (Wildman–Crippen LogP) is 3.10. The van der Waals surface area contributed by atoms with Gasteiger partial charge < -0.3 is 10.3 Å². The molecule has 2 N–H and O–H groups in total. The van der Waals surface area contributed by atoms with Crippen molar-refractivity contribution in [1.29, 1.82) is 0 Å².